The predicted molar refractivity (Wildman–Crippen MR) is 57.9 cm³/mol. The van der Waals surface area contributed by atoms with Gasteiger partial charge in [0.25, 0.3) is 10.1 Å². The highest BCUT2D eigenvalue weighted by Gasteiger charge is 2.28. The third kappa shape index (κ3) is 5.08. The first-order valence-corrected chi connectivity index (χ1v) is 7.80. The number of aliphatic carboxylic acids is 1. The van der Waals surface area contributed by atoms with Gasteiger partial charge in [-0.05, 0) is 12.7 Å². The highest BCUT2D eigenvalue weighted by Crippen LogP contribution is 2.31. The topological polar surface area (TPSA) is 91.7 Å². The summed E-state index contributed by atoms with van der Waals surface area (Å²) in [6.07, 6.45) is 1.56. The molecule has 0 fully saturated rings. The summed E-state index contributed by atoms with van der Waals surface area (Å²) in [5.74, 6) is -1.86. The van der Waals surface area contributed by atoms with Crippen molar-refractivity contribution in [1.29, 1.82) is 0 Å². The Morgan fingerprint density at radius 2 is 2.00 bits per heavy atom. The van der Waals surface area contributed by atoms with E-state index in [1.54, 1.807) is 6.26 Å². The van der Waals surface area contributed by atoms with Crippen molar-refractivity contribution in [1.82, 2.24) is 0 Å². The van der Waals surface area contributed by atoms with Gasteiger partial charge in [-0.15, -0.1) is 0 Å². The molecular formula is C6H12O5S3. The van der Waals surface area contributed by atoms with Crippen molar-refractivity contribution >= 4 is 37.7 Å². The minimum atomic E-state index is -4.18. The Hall–Kier alpha value is 0.0800. The van der Waals surface area contributed by atoms with Crippen molar-refractivity contribution in [2.75, 3.05) is 6.26 Å². The molecule has 0 aliphatic carbocycles. The predicted octanol–water partition coefficient (Wildman–Crippen LogP) is 1.32. The molecular weight excluding hydrogens is 248 g/mol. The van der Waals surface area contributed by atoms with Gasteiger partial charge in [0.05, 0.1) is 5.92 Å². The van der Waals surface area contributed by atoms with E-state index in [9.17, 15) is 13.2 Å². The van der Waals surface area contributed by atoms with Crippen LogP contribution in [-0.2, 0) is 14.9 Å². The summed E-state index contributed by atoms with van der Waals surface area (Å²) in [4.78, 5) is 10.5. The summed E-state index contributed by atoms with van der Waals surface area (Å²) in [6.45, 7) is 1.40. The third-order valence-corrected chi connectivity index (χ3v) is 5.62. The van der Waals surface area contributed by atoms with Gasteiger partial charge in [-0.3, -0.25) is 9.35 Å². The smallest absolute Gasteiger partial charge is 0.306 e. The van der Waals surface area contributed by atoms with E-state index in [1.165, 1.54) is 17.7 Å². The molecule has 0 saturated heterocycles. The number of hydrogen-bond acceptors (Lipinski definition) is 5. The Morgan fingerprint density at radius 1 is 1.50 bits per heavy atom. The van der Waals surface area contributed by atoms with E-state index in [4.69, 9.17) is 9.66 Å². The first-order valence-electron chi connectivity index (χ1n) is 3.67. The summed E-state index contributed by atoms with van der Waals surface area (Å²) in [7, 11) is -2.06. The third-order valence-electron chi connectivity index (χ3n) is 1.50. The molecule has 14 heavy (non-hydrogen) atoms. The maximum absolute atomic E-state index is 10.8. The minimum absolute atomic E-state index is 0.0975. The first-order chi connectivity index (χ1) is 6.29. The van der Waals surface area contributed by atoms with Crippen molar-refractivity contribution in [3.8, 4) is 0 Å². The summed E-state index contributed by atoms with van der Waals surface area (Å²) >= 11 is 0. The fourth-order valence-corrected chi connectivity index (χ4v) is 4.70. The van der Waals surface area contributed by atoms with Gasteiger partial charge < -0.3 is 5.11 Å². The lowest BCUT2D eigenvalue weighted by molar-refractivity contribution is -0.141. The molecule has 2 N–H and O–H groups in total. The van der Waals surface area contributed by atoms with Gasteiger partial charge in [0.1, 0.15) is 4.58 Å². The zero-order valence-electron chi connectivity index (χ0n) is 7.71. The molecule has 84 valence electrons. The molecule has 0 aromatic carbocycles. The van der Waals surface area contributed by atoms with Gasteiger partial charge in [0.15, 0.2) is 0 Å². The molecule has 0 heterocycles. The number of rotatable bonds is 6. The van der Waals surface area contributed by atoms with Crippen molar-refractivity contribution in [2.45, 2.75) is 17.9 Å². The summed E-state index contributed by atoms with van der Waals surface area (Å²) in [5, 5.41) is 8.57. The highest BCUT2D eigenvalue weighted by molar-refractivity contribution is 8.77. The monoisotopic (exact) mass is 260 g/mol. The van der Waals surface area contributed by atoms with Crippen LogP contribution in [0.15, 0.2) is 0 Å². The van der Waals surface area contributed by atoms with Gasteiger partial charge in [-0.1, -0.05) is 28.5 Å². The number of carboxylic acid groups (broad SMARTS) is 1. The number of carboxylic acids is 1. The minimum Gasteiger partial charge on any atom is -0.481 e. The van der Waals surface area contributed by atoms with E-state index in [-0.39, 0.29) is 6.42 Å². The zero-order valence-corrected chi connectivity index (χ0v) is 10.2. The maximum atomic E-state index is 10.8. The van der Waals surface area contributed by atoms with E-state index in [0.29, 0.717) is 0 Å². The molecule has 2 atom stereocenters. The summed E-state index contributed by atoms with van der Waals surface area (Å²) in [6, 6.07) is 0. The molecule has 2 unspecified atom stereocenters. The van der Waals surface area contributed by atoms with Gasteiger partial charge in [0.2, 0.25) is 0 Å². The molecule has 5 nitrogen and oxygen atoms in total. The summed E-state index contributed by atoms with van der Waals surface area (Å²) < 4.78 is 29.3. The van der Waals surface area contributed by atoms with Crippen LogP contribution in [0.2, 0.25) is 0 Å². The second-order valence-corrected chi connectivity index (χ2v) is 7.25. The standard InChI is InChI=1S/C6H12O5S3/c1-4(6(7)8)3-5(13-12-2)14(9,10)11/h4-5H,3H2,1-2H3,(H,7,8)(H,9,10,11). The zero-order chi connectivity index (χ0) is 11.4. The maximum Gasteiger partial charge on any atom is 0.306 e. The van der Waals surface area contributed by atoms with Crippen LogP contribution in [0.5, 0.6) is 0 Å². The molecule has 0 spiro atoms. The Morgan fingerprint density at radius 3 is 2.29 bits per heavy atom. The average Bonchev–Trinajstić information content (AvgIpc) is 2.01. The number of carbonyl (C=O) groups is 1. The first kappa shape index (κ1) is 14.1. The van der Waals surface area contributed by atoms with Crippen molar-refractivity contribution in [3.63, 3.8) is 0 Å². The molecule has 0 bridgehead atoms. The second kappa shape index (κ2) is 5.84. The Labute approximate surface area is 90.8 Å². The lowest BCUT2D eigenvalue weighted by Crippen LogP contribution is -2.22. The van der Waals surface area contributed by atoms with Crippen LogP contribution in [-0.4, -0.2) is 34.9 Å². The van der Waals surface area contributed by atoms with Crippen LogP contribution >= 0.6 is 21.6 Å². The van der Waals surface area contributed by atoms with Crippen LogP contribution in [0.4, 0.5) is 0 Å². The molecule has 0 aliphatic rings. The molecule has 0 aromatic rings. The second-order valence-electron chi connectivity index (χ2n) is 2.68. The van der Waals surface area contributed by atoms with E-state index in [1.807, 2.05) is 0 Å². The van der Waals surface area contributed by atoms with Crippen LogP contribution in [0.25, 0.3) is 0 Å². The van der Waals surface area contributed by atoms with Crippen LogP contribution < -0.4 is 0 Å². The molecule has 0 radical (unpaired) electrons. The van der Waals surface area contributed by atoms with Crippen molar-refractivity contribution in [2.24, 2.45) is 5.92 Å². The van der Waals surface area contributed by atoms with Crippen LogP contribution in [0.1, 0.15) is 13.3 Å². The van der Waals surface area contributed by atoms with E-state index < -0.39 is 26.6 Å². The van der Waals surface area contributed by atoms with Gasteiger partial charge in [0, 0.05) is 0 Å². The normalized spacial score (nSPS) is 16.2. The lowest BCUT2D eigenvalue weighted by Gasteiger charge is -2.13. The highest BCUT2D eigenvalue weighted by atomic mass is 33.1. The molecule has 8 heteroatoms. The Bertz CT molecular complexity index is 286. The van der Waals surface area contributed by atoms with Crippen LogP contribution in [0.3, 0.4) is 0 Å². The Kier molecular flexibility index (Phi) is 5.87. The molecule has 0 amide bonds. The molecule has 0 rings (SSSR count). The Balaban J connectivity index is 4.46. The SMILES string of the molecule is CSSC(CC(C)C(=O)O)S(=O)(=O)O. The quantitative estimate of drug-likeness (QED) is 0.549. The van der Waals surface area contributed by atoms with Crippen molar-refractivity contribution in [3.05, 3.63) is 0 Å². The van der Waals surface area contributed by atoms with E-state index in [2.05, 4.69) is 0 Å². The molecule has 0 aliphatic heterocycles. The fraction of sp³-hybridized carbons (Fsp3) is 0.833. The van der Waals surface area contributed by atoms with Gasteiger partial charge >= 0.3 is 5.97 Å². The van der Waals surface area contributed by atoms with Gasteiger partial charge in [-0.2, -0.15) is 8.42 Å². The van der Waals surface area contributed by atoms with E-state index >= 15 is 0 Å². The average molecular weight is 260 g/mol. The van der Waals surface area contributed by atoms with E-state index in [0.717, 1.165) is 10.8 Å². The van der Waals surface area contributed by atoms with Gasteiger partial charge in [-0.25, -0.2) is 0 Å². The van der Waals surface area contributed by atoms with Crippen molar-refractivity contribution < 1.29 is 22.9 Å². The lowest BCUT2D eigenvalue weighted by atomic mass is 10.1. The molecule has 0 aromatic heterocycles. The van der Waals surface area contributed by atoms with Crippen LogP contribution in [0, 0.1) is 5.92 Å². The summed E-state index contributed by atoms with van der Waals surface area (Å²) in [5.41, 5.74) is 0. The number of hydrogen-bond donors (Lipinski definition) is 2. The largest absolute Gasteiger partial charge is 0.481 e. The fourth-order valence-electron chi connectivity index (χ4n) is 0.707. The molecule has 0 saturated carbocycles.